The minimum Gasteiger partial charge on any atom is -0.325 e. The van der Waals surface area contributed by atoms with Crippen LogP contribution in [-0.4, -0.2) is 26.3 Å². The van der Waals surface area contributed by atoms with Crippen LogP contribution in [0.5, 0.6) is 0 Å². The first-order valence-corrected chi connectivity index (χ1v) is 9.18. The molecule has 0 aliphatic heterocycles. The van der Waals surface area contributed by atoms with E-state index in [4.69, 9.17) is 0 Å². The van der Waals surface area contributed by atoms with E-state index < -0.39 is 11.1 Å². The Balaban J connectivity index is 1.63. The summed E-state index contributed by atoms with van der Waals surface area (Å²) in [6, 6.07) is 13.9. The van der Waals surface area contributed by atoms with Gasteiger partial charge in [-0.1, -0.05) is 49.0 Å². The van der Waals surface area contributed by atoms with E-state index in [1.54, 1.807) is 19.1 Å². The number of rotatable bonds is 6. The number of benzene rings is 2. The summed E-state index contributed by atoms with van der Waals surface area (Å²) in [5, 5.41) is 9.81. The van der Waals surface area contributed by atoms with Gasteiger partial charge in [0, 0.05) is 11.3 Å². The van der Waals surface area contributed by atoms with E-state index in [0.717, 1.165) is 12.0 Å². The summed E-state index contributed by atoms with van der Waals surface area (Å²) in [6.45, 7) is 3.86. The van der Waals surface area contributed by atoms with Crippen LogP contribution in [0.25, 0.3) is 11.4 Å². The number of amides is 1. The number of nitrogens with zero attached hydrogens (tertiary/aromatic N) is 2. The molecular formula is C19H19FN4OS. The number of hydrogen-bond acceptors (Lipinski definition) is 4. The van der Waals surface area contributed by atoms with E-state index in [1.165, 1.54) is 29.5 Å². The third kappa shape index (κ3) is 4.49. The lowest BCUT2D eigenvalue weighted by Gasteiger charge is -2.10. The molecule has 134 valence electrons. The molecular weight excluding hydrogens is 351 g/mol. The second-order valence-electron chi connectivity index (χ2n) is 5.78. The van der Waals surface area contributed by atoms with Gasteiger partial charge in [0.2, 0.25) is 11.1 Å². The Kier molecular flexibility index (Phi) is 5.68. The van der Waals surface area contributed by atoms with Crippen LogP contribution in [0, 0.1) is 5.82 Å². The van der Waals surface area contributed by atoms with Crippen molar-refractivity contribution in [2.45, 2.75) is 30.7 Å². The van der Waals surface area contributed by atoms with Crippen LogP contribution < -0.4 is 5.32 Å². The van der Waals surface area contributed by atoms with Gasteiger partial charge in [0.05, 0.1) is 5.25 Å². The maximum atomic E-state index is 13.2. The average Bonchev–Trinajstić information content (AvgIpc) is 3.10. The third-order valence-electron chi connectivity index (χ3n) is 3.84. The summed E-state index contributed by atoms with van der Waals surface area (Å²) in [7, 11) is 0. The van der Waals surface area contributed by atoms with Crippen molar-refractivity contribution in [2.75, 3.05) is 5.32 Å². The number of nitrogens with one attached hydrogen (secondary N) is 2. The van der Waals surface area contributed by atoms with E-state index in [-0.39, 0.29) is 5.91 Å². The summed E-state index contributed by atoms with van der Waals surface area (Å²) in [5.41, 5.74) is 2.62. The van der Waals surface area contributed by atoms with E-state index in [2.05, 4.69) is 39.6 Å². The first-order valence-electron chi connectivity index (χ1n) is 8.30. The van der Waals surface area contributed by atoms with E-state index >= 15 is 0 Å². The number of hydrogen-bond donors (Lipinski definition) is 2. The number of thioether (sulfide) groups is 1. The van der Waals surface area contributed by atoms with Crippen LogP contribution in [0.15, 0.2) is 53.7 Å². The Morgan fingerprint density at radius 3 is 2.73 bits per heavy atom. The van der Waals surface area contributed by atoms with Gasteiger partial charge < -0.3 is 5.32 Å². The van der Waals surface area contributed by atoms with Crippen molar-refractivity contribution in [3.05, 3.63) is 59.9 Å². The largest absolute Gasteiger partial charge is 0.325 e. The first kappa shape index (κ1) is 18.1. The minimum absolute atomic E-state index is 0.237. The first-order chi connectivity index (χ1) is 12.5. The molecule has 1 aromatic heterocycles. The molecule has 0 aliphatic carbocycles. The van der Waals surface area contributed by atoms with Gasteiger partial charge in [-0.3, -0.25) is 9.89 Å². The van der Waals surface area contributed by atoms with Crippen molar-refractivity contribution >= 4 is 23.4 Å². The Morgan fingerprint density at radius 1 is 1.27 bits per heavy atom. The molecule has 7 heteroatoms. The molecule has 3 aromatic rings. The number of aryl methyl sites for hydroxylation is 1. The van der Waals surface area contributed by atoms with E-state index in [0.29, 0.717) is 16.7 Å². The van der Waals surface area contributed by atoms with Gasteiger partial charge in [-0.05, 0) is 37.1 Å². The van der Waals surface area contributed by atoms with Crippen molar-refractivity contribution in [3.63, 3.8) is 0 Å². The number of halogens is 1. The van der Waals surface area contributed by atoms with E-state index in [9.17, 15) is 9.18 Å². The Labute approximate surface area is 155 Å². The molecule has 0 saturated heterocycles. The van der Waals surface area contributed by atoms with Crippen molar-refractivity contribution in [1.29, 1.82) is 0 Å². The second kappa shape index (κ2) is 8.14. The molecule has 1 heterocycles. The van der Waals surface area contributed by atoms with Crippen molar-refractivity contribution in [3.8, 4) is 11.4 Å². The highest BCUT2D eigenvalue weighted by molar-refractivity contribution is 8.00. The molecule has 0 aliphatic rings. The lowest BCUT2D eigenvalue weighted by Crippen LogP contribution is -2.22. The zero-order valence-corrected chi connectivity index (χ0v) is 15.3. The van der Waals surface area contributed by atoms with Gasteiger partial charge in [-0.15, -0.1) is 5.10 Å². The molecule has 2 aromatic carbocycles. The highest BCUT2D eigenvalue weighted by Crippen LogP contribution is 2.24. The van der Waals surface area contributed by atoms with Crippen LogP contribution in [0.1, 0.15) is 19.4 Å². The quantitative estimate of drug-likeness (QED) is 0.635. The topological polar surface area (TPSA) is 70.7 Å². The lowest BCUT2D eigenvalue weighted by atomic mass is 10.1. The number of aromatic amines is 1. The molecule has 0 spiro atoms. The van der Waals surface area contributed by atoms with Crippen molar-refractivity contribution in [2.24, 2.45) is 0 Å². The molecule has 0 radical (unpaired) electrons. The molecule has 26 heavy (non-hydrogen) atoms. The number of carbonyl (C=O) groups is 1. The number of aromatic nitrogens is 3. The minimum atomic E-state index is -0.426. The molecule has 0 unspecified atom stereocenters. The second-order valence-corrected chi connectivity index (χ2v) is 7.08. The monoisotopic (exact) mass is 370 g/mol. The number of anilines is 1. The highest BCUT2D eigenvalue weighted by Gasteiger charge is 2.18. The molecule has 0 bridgehead atoms. The molecule has 5 nitrogen and oxygen atoms in total. The summed E-state index contributed by atoms with van der Waals surface area (Å²) in [4.78, 5) is 16.7. The maximum Gasteiger partial charge on any atom is 0.237 e. The zero-order valence-electron chi connectivity index (χ0n) is 14.5. The van der Waals surface area contributed by atoms with Crippen molar-refractivity contribution < 1.29 is 9.18 Å². The van der Waals surface area contributed by atoms with Gasteiger partial charge in [0.15, 0.2) is 5.82 Å². The van der Waals surface area contributed by atoms with Crippen LogP contribution in [0.2, 0.25) is 0 Å². The summed E-state index contributed by atoms with van der Waals surface area (Å²) in [5.74, 6) is 0.0305. The average molecular weight is 370 g/mol. The lowest BCUT2D eigenvalue weighted by molar-refractivity contribution is -0.115. The fourth-order valence-corrected chi connectivity index (χ4v) is 3.07. The van der Waals surface area contributed by atoms with Gasteiger partial charge in [-0.25, -0.2) is 9.37 Å². The Hall–Kier alpha value is -2.67. The standard InChI is InChI=1S/C19H19FN4OS/c1-3-13-7-9-14(10-8-13)17-22-19(24-23-17)26-12(2)18(25)21-16-6-4-5-15(20)11-16/h4-12H,3H2,1-2H3,(H,21,25)(H,22,23,24)/t12-/m1/s1. The van der Waals surface area contributed by atoms with Crippen molar-refractivity contribution in [1.82, 2.24) is 15.2 Å². The molecule has 3 rings (SSSR count). The predicted molar refractivity (Wildman–Crippen MR) is 102 cm³/mol. The van der Waals surface area contributed by atoms with Crippen LogP contribution >= 0.6 is 11.8 Å². The summed E-state index contributed by atoms with van der Waals surface area (Å²) < 4.78 is 13.2. The third-order valence-corrected chi connectivity index (χ3v) is 4.81. The van der Waals surface area contributed by atoms with Gasteiger partial charge in [-0.2, -0.15) is 0 Å². The van der Waals surface area contributed by atoms with Gasteiger partial charge >= 0.3 is 0 Å². The van der Waals surface area contributed by atoms with Crippen LogP contribution in [0.3, 0.4) is 0 Å². The van der Waals surface area contributed by atoms with Crippen LogP contribution in [0.4, 0.5) is 10.1 Å². The molecule has 1 atom stereocenters. The number of carbonyl (C=O) groups excluding carboxylic acids is 1. The molecule has 1 amide bonds. The Morgan fingerprint density at radius 2 is 2.04 bits per heavy atom. The Bertz CT molecular complexity index is 895. The molecule has 0 saturated carbocycles. The SMILES string of the molecule is CCc1ccc(-c2nc(S[C@H](C)C(=O)Nc3cccc(F)c3)n[nH]2)cc1. The van der Waals surface area contributed by atoms with Crippen LogP contribution in [-0.2, 0) is 11.2 Å². The molecule has 2 N–H and O–H groups in total. The summed E-state index contributed by atoms with van der Waals surface area (Å²) >= 11 is 1.24. The molecule has 0 fully saturated rings. The van der Waals surface area contributed by atoms with Gasteiger partial charge in [0.1, 0.15) is 5.82 Å². The zero-order chi connectivity index (χ0) is 18.5. The van der Waals surface area contributed by atoms with E-state index in [1.807, 2.05) is 12.1 Å². The predicted octanol–water partition coefficient (Wildman–Crippen LogP) is 4.29. The summed E-state index contributed by atoms with van der Waals surface area (Å²) in [6.07, 6.45) is 0.982. The normalized spacial score (nSPS) is 12.0. The fourth-order valence-electron chi connectivity index (χ4n) is 2.35. The highest BCUT2D eigenvalue weighted by atomic mass is 32.2. The number of H-pyrrole nitrogens is 1. The smallest absolute Gasteiger partial charge is 0.237 e. The fraction of sp³-hybridized carbons (Fsp3) is 0.211. The maximum absolute atomic E-state index is 13.2. The van der Waals surface area contributed by atoms with Gasteiger partial charge in [0.25, 0.3) is 0 Å².